The van der Waals surface area contributed by atoms with Crippen LogP contribution in [0.1, 0.15) is 11.1 Å². The molecule has 0 fully saturated rings. The highest BCUT2D eigenvalue weighted by Crippen LogP contribution is 2.32. The lowest BCUT2D eigenvalue weighted by molar-refractivity contribution is 1.26. The molecule has 0 aromatic carbocycles. The lowest BCUT2D eigenvalue weighted by atomic mass is 10.0. The van der Waals surface area contributed by atoms with Gasteiger partial charge in [0.25, 0.3) is 0 Å². The molecule has 0 aliphatic carbocycles. The molecule has 3 aromatic heterocycles. The molecule has 0 spiro atoms. The van der Waals surface area contributed by atoms with Crippen LogP contribution in [-0.4, -0.2) is 15.0 Å². The van der Waals surface area contributed by atoms with Crippen LogP contribution in [-0.2, 0) is 0 Å². The van der Waals surface area contributed by atoms with E-state index in [-0.39, 0.29) is 0 Å². The second-order valence-electron chi connectivity index (χ2n) is 4.56. The Hall–Kier alpha value is -2.94. The smallest absolute Gasteiger partial charge is 0.0943 e. The molecule has 0 amide bonds. The van der Waals surface area contributed by atoms with Crippen molar-refractivity contribution >= 4 is 12.2 Å². The molecule has 0 saturated carbocycles. The maximum absolute atomic E-state index is 4.49. The van der Waals surface area contributed by atoms with Gasteiger partial charge in [-0.05, 0) is 18.2 Å². The van der Waals surface area contributed by atoms with Gasteiger partial charge in [0.1, 0.15) is 0 Å². The van der Waals surface area contributed by atoms with Crippen LogP contribution >= 0.6 is 0 Å². The molecule has 0 bridgehead atoms. The Morgan fingerprint density at radius 1 is 0.857 bits per heavy atom. The minimum absolute atomic E-state index is 0.869. The first-order chi connectivity index (χ1) is 10.3. The number of H-pyrrole nitrogens is 1. The zero-order valence-corrected chi connectivity index (χ0v) is 11.6. The summed E-state index contributed by atoms with van der Waals surface area (Å²) in [6, 6.07) is 9.81. The molecule has 0 unspecified atom stereocenters. The van der Waals surface area contributed by atoms with E-state index in [1.165, 1.54) is 0 Å². The van der Waals surface area contributed by atoms with E-state index in [1.54, 1.807) is 18.5 Å². The first-order valence-corrected chi connectivity index (χ1v) is 6.68. The van der Waals surface area contributed by atoms with Crippen molar-refractivity contribution in [1.29, 1.82) is 0 Å². The van der Waals surface area contributed by atoms with Gasteiger partial charge < -0.3 is 4.98 Å². The quantitative estimate of drug-likeness (QED) is 0.764. The van der Waals surface area contributed by atoms with Crippen LogP contribution in [0.3, 0.4) is 0 Å². The van der Waals surface area contributed by atoms with E-state index in [2.05, 4.69) is 28.1 Å². The van der Waals surface area contributed by atoms with E-state index in [0.717, 1.165) is 33.8 Å². The molecule has 3 rings (SSSR count). The summed E-state index contributed by atoms with van der Waals surface area (Å²) in [5.74, 6) is 0. The van der Waals surface area contributed by atoms with E-state index < -0.39 is 0 Å². The van der Waals surface area contributed by atoms with Gasteiger partial charge in [-0.3, -0.25) is 9.97 Å². The average Bonchev–Trinajstić information content (AvgIpc) is 3.04. The van der Waals surface area contributed by atoms with Gasteiger partial charge in [0.05, 0.1) is 17.1 Å². The topological polar surface area (TPSA) is 41.6 Å². The Labute approximate surface area is 123 Å². The zero-order valence-electron chi connectivity index (χ0n) is 11.6. The highest BCUT2D eigenvalue weighted by molar-refractivity contribution is 5.85. The summed E-state index contributed by atoms with van der Waals surface area (Å²) >= 11 is 0. The fourth-order valence-corrected chi connectivity index (χ4v) is 2.36. The van der Waals surface area contributed by atoms with E-state index in [9.17, 15) is 0 Å². The lowest BCUT2D eigenvalue weighted by Gasteiger charge is -2.08. The van der Waals surface area contributed by atoms with Gasteiger partial charge in [-0.1, -0.05) is 37.4 Å². The molecule has 0 radical (unpaired) electrons. The Morgan fingerprint density at radius 2 is 1.48 bits per heavy atom. The zero-order chi connectivity index (χ0) is 14.7. The number of aromatic amines is 1. The molecule has 102 valence electrons. The summed E-state index contributed by atoms with van der Waals surface area (Å²) in [4.78, 5) is 12.2. The number of pyridine rings is 2. The summed E-state index contributed by atoms with van der Waals surface area (Å²) < 4.78 is 0. The molecule has 1 N–H and O–H groups in total. The second-order valence-corrected chi connectivity index (χ2v) is 4.56. The first-order valence-electron chi connectivity index (χ1n) is 6.68. The summed E-state index contributed by atoms with van der Waals surface area (Å²) in [5.41, 5.74) is 5.68. The molecule has 3 heteroatoms. The van der Waals surface area contributed by atoms with E-state index >= 15 is 0 Å². The minimum Gasteiger partial charge on any atom is -0.359 e. The Kier molecular flexibility index (Phi) is 3.48. The van der Waals surface area contributed by atoms with Gasteiger partial charge >= 0.3 is 0 Å². The number of nitrogens with zero attached hydrogens (tertiary/aromatic N) is 2. The fraction of sp³-hybridized carbons (Fsp3) is 0. The van der Waals surface area contributed by atoms with Crippen molar-refractivity contribution in [3.63, 3.8) is 0 Å². The number of aromatic nitrogens is 3. The van der Waals surface area contributed by atoms with Crippen LogP contribution in [0.4, 0.5) is 0 Å². The van der Waals surface area contributed by atoms with Gasteiger partial charge in [0.15, 0.2) is 0 Å². The Morgan fingerprint density at radius 3 is 2.14 bits per heavy atom. The van der Waals surface area contributed by atoms with Crippen LogP contribution in [0, 0.1) is 0 Å². The van der Waals surface area contributed by atoms with Crippen LogP contribution in [0.5, 0.6) is 0 Å². The number of nitrogens with one attached hydrogen (secondary N) is 1. The molecular weight excluding hydrogens is 258 g/mol. The van der Waals surface area contributed by atoms with Crippen molar-refractivity contribution in [1.82, 2.24) is 15.0 Å². The Bertz CT molecular complexity index is 733. The SMILES string of the molecule is C=Cc1cccnc1-c1cc[nH]c1-c1ncccc1C=C. The van der Waals surface area contributed by atoms with Crippen LogP contribution in [0.15, 0.2) is 62.1 Å². The van der Waals surface area contributed by atoms with Crippen molar-refractivity contribution in [2.75, 3.05) is 0 Å². The molecular formula is C18H15N3. The van der Waals surface area contributed by atoms with Gasteiger partial charge in [-0.15, -0.1) is 0 Å². The van der Waals surface area contributed by atoms with Crippen molar-refractivity contribution in [2.24, 2.45) is 0 Å². The van der Waals surface area contributed by atoms with Gasteiger partial charge in [-0.2, -0.15) is 0 Å². The molecule has 0 aliphatic rings. The maximum atomic E-state index is 4.49. The minimum atomic E-state index is 0.869. The third-order valence-corrected chi connectivity index (χ3v) is 3.36. The third kappa shape index (κ3) is 2.30. The van der Waals surface area contributed by atoms with Crippen molar-refractivity contribution in [2.45, 2.75) is 0 Å². The average molecular weight is 273 g/mol. The lowest BCUT2D eigenvalue weighted by Crippen LogP contribution is -1.92. The fourth-order valence-electron chi connectivity index (χ4n) is 2.36. The first kappa shape index (κ1) is 13.1. The molecule has 21 heavy (non-hydrogen) atoms. The van der Waals surface area contributed by atoms with E-state index in [1.807, 2.05) is 42.6 Å². The second kappa shape index (κ2) is 5.59. The van der Waals surface area contributed by atoms with Crippen LogP contribution < -0.4 is 0 Å². The summed E-state index contributed by atoms with van der Waals surface area (Å²) in [6.07, 6.45) is 9.07. The van der Waals surface area contributed by atoms with Gasteiger partial charge in [-0.25, -0.2) is 0 Å². The maximum Gasteiger partial charge on any atom is 0.0943 e. The predicted octanol–water partition coefficient (Wildman–Crippen LogP) is 4.42. The van der Waals surface area contributed by atoms with Crippen molar-refractivity contribution < 1.29 is 0 Å². The molecule has 3 nitrogen and oxygen atoms in total. The third-order valence-electron chi connectivity index (χ3n) is 3.36. The van der Waals surface area contributed by atoms with Gasteiger partial charge in [0.2, 0.25) is 0 Å². The normalized spacial score (nSPS) is 10.3. The van der Waals surface area contributed by atoms with Crippen LogP contribution in [0.2, 0.25) is 0 Å². The molecule has 0 aliphatic heterocycles. The highest BCUT2D eigenvalue weighted by atomic mass is 14.8. The molecule has 3 heterocycles. The van der Waals surface area contributed by atoms with Gasteiger partial charge in [0, 0.05) is 35.3 Å². The largest absolute Gasteiger partial charge is 0.359 e. The molecule has 0 atom stereocenters. The molecule has 3 aromatic rings. The van der Waals surface area contributed by atoms with E-state index in [4.69, 9.17) is 0 Å². The summed E-state index contributed by atoms with van der Waals surface area (Å²) in [6.45, 7) is 7.71. The predicted molar refractivity (Wildman–Crippen MR) is 87.4 cm³/mol. The summed E-state index contributed by atoms with van der Waals surface area (Å²) in [7, 11) is 0. The standard InChI is InChI=1S/C18H15N3/c1-3-13-7-5-10-19-16(13)15-9-12-21-18(15)17-14(4-2)8-6-11-20-17/h3-12,21H,1-2H2. The summed E-state index contributed by atoms with van der Waals surface area (Å²) in [5, 5.41) is 0. The number of hydrogen-bond donors (Lipinski definition) is 1. The van der Waals surface area contributed by atoms with Crippen molar-refractivity contribution in [3.05, 3.63) is 73.2 Å². The molecule has 0 saturated heterocycles. The monoisotopic (exact) mass is 273 g/mol. The highest BCUT2D eigenvalue weighted by Gasteiger charge is 2.14. The number of hydrogen-bond acceptors (Lipinski definition) is 2. The Balaban J connectivity index is 2.22. The van der Waals surface area contributed by atoms with E-state index in [0.29, 0.717) is 0 Å². The van der Waals surface area contributed by atoms with Crippen molar-refractivity contribution in [3.8, 4) is 22.6 Å². The van der Waals surface area contributed by atoms with Crippen LogP contribution in [0.25, 0.3) is 34.8 Å². The number of rotatable bonds is 4.